The summed E-state index contributed by atoms with van der Waals surface area (Å²) in [6.07, 6.45) is 1.67. The van der Waals surface area contributed by atoms with Gasteiger partial charge in [-0.1, -0.05) is 42.5 Å². The fourth-order valence-corrected chi connectivity index (χ4v) is 1.96. The van der Waals surface area contributed by atoms with E-state index in [1.54, 1.807) is 24.3 Å². The molecule has 0 aliphatic carbocycles. The lowest BCUT2D eigenvalue weighted by Gasteiger charge is -2.00. The maximum absolute atomic E-state index is 13.7. The van der Waals surface area contributed by atoms with Gasteiger partial charge in [0.1, 0.15) is 17.3 Å². The summed E-state index contributed by atoms with van der Waals surface area (Å²) in [7, 11) is 0. The summed E-state index contributed by atoms with van der Waals surface area (Å²) in [5.41, 5.74) is 1.43. The second kappa shape index (κ2) is 5.09. The number of amides is 1. The van der Waals surface area contributed by atoms with Gasteiger partial charge in [0.05, 0.1) is 5.56 Å². The van der Waals surface area contributed by atoms with E-state index in [-0.39, 0.29) is 23.0 Å². The van der Waals surface area contributed by atoms with Gasteiger partial charge in [-0.15, -0.1) is 0 Å². The maximum atomic E-state index is 13.7. The Hall–Kier alpha value is -2.75. The molecule has 1 aliphatic rings. The zero-order valence-electron chi connectivity index (χ0n) is 10.5. The van der Waals surface area contributed by atoms with Crippen LogP contribution in [0.25, 0.3) is 6.08 Å². The van der Waals surface area contributed by atoms with Crippen molar-refractivity contribution in [3.8, 4) is 0 Å². The highest BCUT2D eigenvalue weighted by atomic mass is 19.1. The van der Waals surface area contributed by atoms with E-state index in [0.717, 1.165) is 5.56 Å². The molecule has 98 valence electrons. The van der Waals surface area contributed by atoms with Crippen molar-refractivity contribution in [3.05, 3.63) is 77.2 Å². The van der Waals surface area contributed by atoms with Gasteiger partial charge in [-0.25, -0.2) is 9.38 Å². The molecule has 1 N–H and O–H groups in total. The number of halogens is 1. The Morgan fingerprint density at radius 2 is 1.70 bits per heavy atom. The average Bonchev–Trinajstić information content (AvgIpc) is 2.81. The molecule has 3 nitrogen and oxygen atoms in total. The van der Waals surface area contributed by atoms with Crippen LogP contribution in [0.5, 0.6) is 0 Å². The molecule has 0 unspecified atom stereocenters. The molecule has 0 saturated heterocycles. The molecule has 0 bridgehead atoms. The van der Waals surface area contributed by atoms with Crippen molar-refractivity contribution >= 4 is 17.8 Å². The first-order valence-corrected chi connectivity index (χ1v) is 6.16. The monoisotopic (exact) mass is 266 g/mol. The third-order valence-electron chi connectivity index (χ3n) is 2.93. The molecule has 0 fully saturated rings. The van der Waals surface area contributed by atoms with Crippen molar-refractivity contribution in [1.82, 2.24) is 5.32 Å². The number of carbonyl (C=O) groups excluding carboxylic acids is 1. The summed E-state index contributed by atoms with van der Waals surface area (Å²) in [5, 5.41) is 2.58. The Morgan fingerprint density at radius 1 is 1.00 bits per heavy atom. The standard InChI is InChI=1S/C16H11FN2O/c17-13-9-5-4-8-12(13)15-18-14(16(20)19-15)10-11-6-2-1-3-7-11/h1-10H,(H,18,19,20)/b14-10+. The van der Waals surface area contributed by atoms with Crippen LogP contribution in [0, 0.1) is 5.82 Å². The second-order valence-electron chi connectivity index (χ2n) is 4.33. The van der Waals surface area contributed by atoms with Gasteiger partial charge in [0.15, 0.2) is 0 Å². The quantitative estimate of drug-likeness (QED) is 0.834. The van der Waals surface area contributed by atoms with Gasteiger partial charge >= 0.3 is 0 Å². The molecule has 20 heavy (non-hydrogen) atoms. The minimum absolute atomic E-state index is 0.246. The van der Waals surface area contributed by atoms with E-state index < -0.39 is 5.82 Å². The van der Waals surface area contributed by atoms with E-state index in [9.17, 15) is 9.18 Å². The first-order chi connectivity index (χ1) is 9.74. The van der Waals surface area contributed by atoms with Gasteiger partial charge in [-0.2, -0.15) is 0 Å². The summed E-state index contributed by atoms with van der Waals surface area (Å²) in [4.78, 5) is 16.0. The van der Waals surface area contributed by atoms with Crippen LogP contribution in [-0.4, -0.2) is 11.7 Å². The SMILES string of the molecule is O=C1NC(c2ccccc2F)=N/C1=C/c1ccccc1. The highest BCUT2D eigenvalue weighted by Gasteiger charge is 2.22. The average molecular weight is 266 g/mol. The molecule has 3 rings (SSSR count). The van der Waals surface area contributed by atoms with E-state index in [2.05, 4.69) is 10.3 Å². The van der Waals surface area contributed by atoms with E-state index in [1.807, 2.05) is 30.3 Å². The zero-order chi connectivity index (χ0) is 13.9. The number of rotatable bonds is 2. The topological polar surface area (TPSA) is 41.5 Å². The van der Waals surface area contributed by atoms with E-state index in [4.69, 9.17) is 0 Å². The number of amidine groups is 1. The molecular formula is C16H11FN2O. The summed E-state index contributed by atoms with van der Waals surface area (Å²) in [5.74, 6) is -0.491. The molecule has 0 radical (unpaired) electrons. The number of carbonyl (C=O) groups is 1. The van der Waals surface area contributed by atoms with Crippen molar-refractivity contribution in [1.29, 1.82) is 0 Å². The van der Waals surface area contributed by atoms with Gasteiger partial charge in [0.2, 0.25) is 0 Å². The molecule has 1 heterocycles. The predicted molar refractivity (Wildman–Crippen MR) is 75.5 cm³/mol. The van der Waals surface area contributed by atoms with Crippen LogP contribution in [0.3, 0.4) is 0 Å². The zero-order valence-corrected chi connectivity index (χ0v) is 10.5. The number of nitrogens with zero attached hydrogens (tertiary/aromatic N) is 1. The van der Waals surface area contributed by atoms with Crippen LogP contribution >= 0.6 is 0 Å². The molecule has 0 atom stereocenters. The van der Waals surface area contributed by atoms with Gasteiger partial charge in [0.25, 0.3) is 5.91 Å². The second-order valence-corrected chi connectivity index (χ2v) is 4.33. The minimum atomic E-state index is -0.410. The molecule has 0 saturated carbocycles. The predicted octanol–water partition coefficient (Wildman–Crippen LogP) is 2.74. The van der Waals surface area contributed by atoms with E-state index in [1.165, 1.54) is 6.07 Å². The van der Waals surface area contributed by atoms with Gasteiger partial charge in [-0.05, 0) is 23.8 Å². The summed E-state index contributed by atoms with van der Waals surface area (Å²) >= 11 is 0. The molecule has 0 aromatic heterocycles. The van der Waals surface area contributed by atoms with Gasteiger partial charge < -0.3 is 5.32 Å². The molecule has 1 amide bonds. The van der Waals surface area contributed by atoms with Crippen molar-refractivity contribution < 1.29 is 9.18 Å². The molecule has 4 heteroatoms. The highest BCUT2D eigenvalue weighted by molar-refractivity contribution is 6.19. The lowest BCUT2D eigenvalue weighted by atomic mass is 10.2. The first kappa shape index (κ1) is 12.3. The molecule has 1 aliphatic heterocycles. The van der Waals surface area contributed by atoms with Crippen molar-refractivity contribution in [2.75, 3.05) is 0 Å². The summed E-state index contributed by atoms with van der Waals surface area (Å²) < 4.78 is 13.7. The van der Waals surface area contributed by atoms with Crippen molar-refractivity contribution in [3.63, 3.8) is 0 Å². The third-order valence-corrected chi connectivity index (χ3v) is 2.93. The normalized spacial score (nSPS) is 16.1. The largest absolute Gasteiger partial charge is 0.305 e. The minimum Gasteiger partial charge on any atom is -0.305 e. The van der Waals surface area contributed by atoms with E-state index in [0.29, 0.717) is 0 Å². The Balaban J connectivity index is 1.98. The molecule has 2 aromatic rings. The number of nitrogens with one attached hydrogen (secondary N) is 1. The Bertz CT molecular complexity index is 720. The number of hydrogen-bond donors (Lipinski definition) is 1. The Labute approximate surface area is 115 Å². The summed E-state index contributed by atoms with van der Waals surface area (Å²) in [6.45, 7) is 0. The van der Waals surface area contributed by atoms with Crippen LogP contribution in [0.2, 0.25) is 0 Å². The van der Waals surface area contributed by atoms with Crippen LogP contribution < -0.4 is 5.32 Å². The maximum Gasteiger partial charge on any atom is 0.275 e. The third kappa shape index (κ3) is 2.36. The highest BCUT2D eigenvalue weighted by Crippen LogP contribution is 2.16. The number of aliphatic imine (C=N–C) groups is 1. The van der Waals surface area contributed by atoms with Gasteiger partial charge in [-0.3, -0.25) is 4.79 Å². The lowest BCUT2D eigenvalue weighted by molar-refractivity contribution is -0.115. The Kier molecular flexibility index (Phi) is 3.13. The van der Waals surface area contributed by atoms with Crippen molar-refractivity contribution in [2.24, 2.45) is 4.99 Å². The van der Waals surface area contributed by atoms with Crippen LogP contribution in [0.4, 0.5) is 4.39 Å². The summed E-state index contributed by atoms with van der Waals surface area (Å²) in [6, 6.07) is 15.6. The van der Waals surface area contributed by atoms with Crippen LogP contribution in [0.15, 0.2) is 65.3 Å². The lowest BCUT2D eigenvalue weighted by Crippen LogP contribution is -2.25. The van der Waals surface area contributed by atoms with Crippen LogP contribution in [-0.2, 0) is 4.79 Å². The van der Waals surface area contributed by atoms with Crippen LogP contribution in [0.1, 0.15) is 11.1 Å². The smallest absolute Gasteiger partial charge is 0.275 e. The number of hydrogen-bond acceptors (Lipinski definition) is 2. The fraction of sp³-hybridized carbons (Fsp3) is 0. The Morgan fingerprint density at radius 3 is 2.45 bits per heavy atom. The van der Waals surface area contributed by atoms with Crippen molar-refractivity contribution in [2.45, 2.75) is 0 Å². The van der Waals surface area contributed by atoms with E-state index >= 15 is 0 Å². The fourth-order valence-electron chi connectivity index (χ4n) is 1.96. The number of benzene rings is 2. The first-order valence-electron chi connectivity index (χ1n) is 6.16. The molecule has 0 spiro atoms. The molecular weight excluding hydrogens is 255 g/mol. The molecule has 2 aromatic carbocycles. The van der Waals surface area contributed by atoms with Gasteiger partial charge in [0, 0.05) is 0 Å².